The second-order valence-corrected chi connectivity index (χ2v) is 11.1. The first kappa shape index (κ1) is 25.3. The van der Waals surface area contributed by atoms with Crippen LogP contribution < -0.4 is 9.47 Å². The van der Waals surface area contributed by atoms with Crippen molar-refractivity contribution in [2.75, 3.05) is 33.4 Å². The average molecular weight is 519 g/mol. The molecule has 2 aromatic carbocycles. The maximum absolute atomic E-state index is 13.8. The average Bonchev–Trinajstić information content (AvgIpc) is 3.59. The Morgan fingerprint density at radius 2 is 1.89 bits per heavy atom. The first-order valence-corrected chi connectivity index (χ1v) is 13.8. The zero-order valence-electron chi connectivity index (χ0n) is 21.7. The van der Waals surface area contributed by atoms with Crippen molar-refractivity contribution >= 4 is 23.2 Å². The Morgan fingerprint density at radius 1 is 1.08 bits per heavy atom. The number of aryl methyl sites for hydroxylation is 2. The Morgan fingerprint density at radius 3 is 2.65 bits per heavy atom. The molecule has 7 heteroatoms. The minimum Gasteiger partial charge on any atom is -0.496 e. The molecule has 6 nitrogen and oxygen atoms in total. The summed E-state index contributed by atoms with van der Waals surface area (Å²) >= 11 is 1.73. The number of hydrogen-bond acceptors (Lipinski definition) is 5. The number of nitrogens with zero attached hydrogens (tertiary/aromatic N) is 2. The maximum Gasteiger partial charge on any atom is 0.258 e. The SMILES string of the molecule is COc1ccccc1C(=O)N(CC(=O)N1CCc2sccc2C1COc1ccc(C)cc1C)CC1CC1. The molecule has 0 saturated heterocycles. The molecule has 5 rings (SSSR count). The lowest BCUT2D eigenvalue weighted by molar-refractivity contribution is -0.135. The number of thiophene rings is 1. The lowest BCUT2D eigenvalue weighted by Crippen LogP contribution is -2.48. The second kappa shape index (κ2) is 11.0. The molecule has 1 aromatic heterocycles. The predicted molar refractivity (Wildman–Crippen MR) is 146 cm³/mol. The highest BCUT2D eigenvalue weighted by Gasteiger charge is 2.35. The van der Waals surface area contributed by atoms with Gasteiger partial charge in [0.1, 0.15) is 24.7 Å². The summed E-state index contributed by atoms with van der Waals surface area (Å²) in [6.07, 6.45) is 3.01. The molecule has 1 fully saturated rings. The molecule has 1 unspecified atom stereocenters. The van der Waals surface area contributed by atoms with E-state index in [-0.39, 0.29) is 24.4 Å². The van der Waals surface area contributed by atoms with Crippen molar-refractivity contribution < 1.29 is 19.1 Å². The van der Waals surface area contributed by atoms with Crippen molar-refractivity contribution in [1.82, 2.24) is 9.80 Å². The highest BCUT2D eigenvalue weighted by atomic mass is 32.1. The van der Waals surface area contributed by atoms with Gasteiger partial charge in [-0.15, -0.1) is 11.3 Å². The van der Waals surface area contributed by atoms with E-state index in [0.29, 0.717) is 36.9 Å². The highest BCUT2D eigenvalue weighted by molar-refractivity contribution is 7.10. The van der Waals surface area contributed by atoms with Crippen LogP contribution in [0.15, 0.2) is 53.9 Å². The third-order valence-corrected chi connectivity index (χ3v) is 8.27. The van der Waals surface area contributed by atoms with Gasteiger partial charge in [0.05, 0.1) is 18.7 Å². The summed E-state index contributed by atoms with van der Waals surface area (Å²) in [5.74, 6) is 1.62. The molecule has 3 aromatic rings. The van der Waals surface area contributed by atoms with Gasteiger partial charge in [-0.25, -0.2) is 0 Å². The van der Waals surface area contributed by atoms with Gasteiger partial charge in [0.2, 0.25) is 5.91 Å². The van der Waals surface area contributed by atoms with Gasteiger partial charge in [-0.3, -0.25) is 9.59 Å². The summed E-state index contributed by atoms with van der Waals surface area (Å²) in [5, 5.41) is 2.09. The van der Waals surface area contributed by atoms with Gasteiger partial charge in [-0.2, -0.15) is 0 Å². The lowest BCUT2D eigenvalue weighted by Gasteiger charge is -2.37. The number of carbonyl (C=O) groups is 2. The summed E-state index contributed by atoms with van der Waals surface area (Å²) in [4.78, 5) is 32.3. The van der Waals surface area contributed by atoms with Gasteiger partial charge in [0, 0.05) is 18.0 Å². The highest BCUT2D eigenvalue weighted by Crippen LogP contribution is 2.35. The molecule has 0 N–H and O–H groups in total. The molecule has 1 aliphatic heterocycles. The third-order valence-electron chi connectivity index (χ3n) is 7.27. The minimum atomic E-state index is -0.188. The summed E-state index contributed by atoms with van der Waals surface area (Å²) < 4.78 is 11.7. The van der Waals surface area contributed by atoms with E-state index in [1.54, 1.807) is 35.5 Å². The molecular formula is C30H34N2O4S. The molecular weight excluding hydrogens is 484 g/mol. The van der Waals surface area contributed by atoms with Crippen LogP contribution in [0.25, 0.3) is 0 Å². The van der Waals surface area contributed by atoms with Crippen molar-refractivity contribution in [1.29, 1.82) is 0 Å². The van der Waals surface area contributed by atoms with Crippen LogP contribution in [-0.4, -0.2) is 55.0 Å². The lowest BCUT2D eigenvalue weighted by atomic mass is 10.00. The number of ether oxygens (including phenoxy) is 2. The van der Waals surface area contributed by atoms with E-state index >= 15 is 0 Å². The number of hydrogen-bond donors (Lipinski definition) is 0. The standard InChI is InChI=1S/C30H34N2O4S/c1-20-8-11-26(21(2)16-20)36-19-25-23-13-15-37-28(23)12-14-32(25)29(33)18-31(17-22-9-10-22)30(34)24-6-4-5-7-27(24)35-3/h4-8,11,13,15-16,22,25H,9-10,12,14,17-19H2,1-3H3. The van der Waals surface area contributed by atoms with Crippen molar-refractivity contribution in [3.8, 4) is 11.5 Å². The molecule has 0 spiro atoms. The zero-order chi connectivity index (χ0) is 25.9. The molecule has 194 valence electrons. The van der Waals surface area contributed by atoms with Gasteiger partial charge in [0.15, 0.2) is 0 Å². The van der Waals surface area contributed by atoms with Crippen molar-refractivity contribution in [3.05, 3.63) is 81.0 Å². The van der Waals surface area contributed by atoms with Gasteiger partial charge < -0.3 is 19.3 Å². The largest absolute Gasteiger partial charge is 0.496 e. The Bertz CT molecular complexity index is 1280. The minimum absolute atomic E-state index is 0.0463. The molecule has 1 aliphatic carbocycles. The quantitative estimate of drug-likeness (QED) is 0.379. The molecule has 0 bridgehead atoms. The van der Waals surface area contributed by atoms with Crippen LogP contribution >= 0.6 is 11.3 Å². The first-order chi connectivity index (χ1) is 17.9. The van der Waals surface area contributed by atoms with E-state index in [1.807, 2.05) is 36.1 Å². The molecule has 2 aliphatic rings. The summed E-state index contributed by atoms with van der Waals surface area (Å²) in [6, 6.07) is 15.3. The van der Waals surface area contributed by atoms with E-state index in [4.69, 9.17) is 9.47 Å². The number of methoxy groups -OCH3 is 1. The van der Waals surface area contributed by atoms with Crippen LogP contribution in [0.5, 0.6) is 11.5 Å². The Hall–Kier alpha value is -3.32. The normalized spacial score (nSPS) is 16.7. The first-order valence-electron chi connectivity index (χ1n) is 12.9. The molecule has 2 heterocycles. The zero-order valence-corrected chi connectivity index (χ0v) is 22.6. The van der Waals surface area contributed by atoms with Gasteiger partial charge in [-0.1, -0.05) is 29.8 Å². The van der Waals surface area contributed by atoms with Crippen LogP contribution in [0.3, 0.4) is 0 Å². The van der Waals surface area contributed by atoms with Gasteiger partial charge in [-0.05, 0) is 79.8 Å². The summed E-state index contributed by atoms with van der Waals surface area (Å²) in [7, 11) is 1.56. The van der Waals surface area contributed by atoms with E-state index in [1.165, 1.54) is 10.4 Å². The molecule has 1 saturated carbocycles. The van der Waals surface area contributed by atoms with Crippen LogP contribution in [0.2, 0.25) is 0 Å². The van der Waals surface area contributed by atoms with Gasteiger partial charge in [0.25, 0.3) is 5.91 Å². The van der Waals surface area contributed by atoms with E-state index in [9.17, 15) is 9.59 Å². The fraction of sp³-hybridized carbons (Fsp3) is 0.400. The van der Waals surface area contributed by atoms with Gasteiger partial charge >= 0.3 is 0 Å². The number of para-hydroxylation sites is 1. The number of benzene rings is 2. The van der Waals surface area contributed by atoms with Crippen molar-refractivity contribution in [3.63, 3.8) is 0 Å². The van der Waals surface area contributed by atoms with Crippen molar-refractivity contribution in [2.24, 2.45) is 5.92 Å². The number of rotatable bonds is 9. The Labute approximate surface area is 222 Å². The molecule has 0 radical (unpaired) electrons. The molecule has 37 heavy (non-hydrogen) atoms. The van der Waals surface area contributed by atoms with Crippen LogP contribution in [0, 0.1) is 19.8 Å². The summed E-state index contributed by atoms with van der Waals surface area (Å²) in [6.45, 7) is 5.74. The van der Waals surface area contributed by atoms with Crippen molar-refractivity contribution in [2.45, 2.75) is 39.2 Å². The fourth-order valence-electron chi connectivity index (χ4n) is 5.08. The van der Waals surface area contributed by atoms with Crippen LogP contribution in [0.1, 0.15) is 50.8 Å². The number of carbonyl (C=O) groups excluding carboxylic acids is 2. The topological polar surface area (TPSA) is 59.1 Å². The van der Waals surface area contributed by atoms with Crippen LogP contribution in [-0.2, 0) is 11.2 Å². The molecule has 1 atom stereocenters. The Kier molecular flexibility index (Phi) is 7.51. The second-order valence-electron chi connectivity index (χ2n) is 10.1. The number of amides is 2. The smallest absolute Gasteiger partial charge is 0.258 e. The van der Waals surface area contributed by atoms with E-state index in [0.717, 1.165) is 36.1 Å². The third kappa shape index (κ3) is 5.67. The van der Waals surface area contributed by atoms with E-state index < -0.39 is 0 Å². The fourth-order valence-corrected chi connectivity index (χ4v) is 6.01. The predicted octanol–water partition coefficient (Wildman–Crippen LogP) is 5.43. The van der Waals surface area contributed by atoms with E-state index in [2.05, 4.69) is 24.4 Å². The summed E-state index contributed by atoms with van der Waals surface area (Å²) in [5.41, 5.74) is 3.92. The number of fused-ring (bicyclic) bond motifs is 1. The van der Waals surface area contributed by atoms with Crippen LogP contribution in [0.4, 0.5) is 0 Å². The molecule has 2 amide bonds. The monoisotopic (exact) mass is 518 g/mol. The Balaban J connectivity index is 1.36. The maximum atomic E-state index is 13.8.